The second-order valence-corrected chi connectivity index (χ2v) is 4.20. The first kappa shape index (κ1) is 13.1. The summed E-state index contributed by atoms with van der Waals surface area (Å²) in [5, 5.41) is 13.7. The van der Waals surface area contributed by atoms with E-state index in [0.29, 0.717) is 11.3 Å². The lowest BCUT2D eigenvalue weighted by atomic mass is 10.00. The summed E-state index contributed by atoms with van der Waals surface area (Å²) in [7, 11) is 1.51. The molecule has 0 atom stereocenters. The molecule has 0 radical (unpaired) electrons. The normalized spacial score (nSPS) is 10.5. The van der Waals surface area contributed by atoms with Crippen molar-refractivity contribution in [3.8, 4) is 16.9 Å². The highest BCUT2D eigenvalue weighted by Crippen LogP contribution is 2.29. The number of carboxylic acid groups (broad SMARTS) is 1. The molecule has 1 aromatic heterocycles. The molecule has 0 fully saturated rings. The number of carbonyl (C=O) groups is 1. The topological polar surface area (TPSA) is 64.3 Å². The van der Waals surface area contributed by atoms with Crippen LogP contribution in [0.1, 0.15) is 23.0 Å². The van der Waals surface area contributed by atoms with E-state index in [1.54, 1.807) is 16.8 Å². The molecular formula is C14H16N2O3. The zero-order chi connectivity index (χ0) is 14.0. The lowest BCUT2D eigenvalue weighted by molar-refractivity contribution is 0.0697. The molecule has 1 heterocycles. The van der Waals surface area contributed by atoms with Crippen LogP contribution < -0.4 is 4.74 Å². The molecule has 19 heavy (non-hydrogen) atoms. The number of carboxylic acids is 1. The van der Waals surface area contributed by atoms with Gasteiger partial charge in [-0.25, -0.2) is 4.79 Å². The first-order valence-electron chi connectivity index (χ1n) is 6.02. The first-order valence-corrected chi connectivity index (χ1v) is 6.02. The number of hydrogen-bond acceptors (Lipinski definition) is 3. The number of aromatic carboxylic acids is 1. The van der Waals surface area contributed by atoms with Gasteiger partial charge in [-0.05, 0) is 37.6 Å². The van der Waals surface area contributed by atoms with Crippen LogP contribution in [0, 0.1) is 6.92 Å². The van der Waals surface area contributed by atoms with Gasteiger partial charge in [0.25, 0.3) is 0 Å². The van der Waals surface area contributed by atoms with Crippen LogP contribution in [0.2, 0.25) is 0 Å². The fraction of sp³-hybridized carbons (Fsp3) is 0.286. The van der Waals surface area contributed by atoms with Crippen molar-refractivity contribution in [3.63, 3.8) is 0 Å². The standard InChI is InChI=1S/C14H16N2O3/c1-4-16-8-13(9(2)15-16)11-6-5-10(19-3)7-12(11)14(17)18/h5-8H,4H2,1-3H3,(H,17,18). The van der Waals surface area contributed by atoms with E-state index >= 15 is 0 Å². The third-order valence-electron chi connectivity index (χ3n) is 3.02. The molecule has 0 bridgehead atoms. The minimum atomic E-state index is -0.974. The summed E-state index contributed by atoms with van der Waals surface area (Å²) in [5.74, 6) is -0.445. The predicted molar refractivity (Wildman–Crippen MR) is 71.6 cm³/mol. The maximum Gasteiger partial charge on any atom is 0.336 e. The number of nitrogens with zero attached hydrogens (tertiary/aromatic N) is 2. The largest absolute Gasteiger partial charge is 0.497 e. The van der Waals surface area contributed by atoms with Gasteiger partial charge < -0.3 is 9.84 Å². The van der Waals surface area contributed by atoms with Crippen LogP contribution in [0.3, 0.4) is 0 Å². The Hall–Kier alpha value is -2.30. The van der Waals surface area contributed by atoms with Crippen molar-refractivity contribution < 1.29 is 14.6 Å². The third-order valence-corrected chi connectivity index (χ3v) is 3.02. The van der Waals surface area contributed by atoms with Crippen LogP contribution in [-0.4, -0.2) is 28.0 Å². The molecule has 5 nitrogen and oxygen atoms in total. The summed E-state index contributed by atoms with van der Waals surface area (Å²) >= 11 is 0. The molecule has 0 saturated heterocycles. The highest BCUT2D eigenvalue weighted by molar-refractivity contribution is 5.96. The molecule has 0 aliphatic rings. The monoisotopic (exact) mass is 260 g/mol. The Balaban J connectivity index is 2.60. The van der Waals surface area contributed by atoms with E-state index in [-0.39, 0.29) is 5.56 Å². The van der Waals surface area contributed by atoms with Crippen LogP contribution in [0.5, 0.6) is 5.75 Å². The minimum absolute atomic E-state index is 0.220. The number of hydrogen-bond donors (Lipinski definition) is 1. The van der Waals surface area contributed by atoms with E-state index < -0.39 is 5.97 Å². The van der Waals surface area contributed by atoms with Crippen molar-refractivity contribution in [3.05, 3.63) is 35.7 Å². The van der Waals surface area contributed by atoms with Crippen molar-refractivity contribution in [2.45, 2.75) is 20.4 Å². The number of rotatable bonds is 4. The van der Waals surface area contributed by atoms with Crippen LogP contribution in [0.25, 0.3) is 11.1 Å². The molecule has 0 spiro atoms. The highest BCUT2D eigenvalue weighted by atomic mass is 16.5. The maximum absolute atomic E-state index is 11.4. The number of methoxy groups -OCH3 is 1. The predicted octanol–water partition coefficient (Wildman–Crippen LogP) is 2.59. The zero-order valence-electron chi connectivity index (χ0n) is 11.2. The van der Waals surface area contributed by atoms with Gasteiger partial charge in [-0.2, -0.15) is 5.10 Å². The number of aromatic nitrogens is 2. The van der Waals surface area contributed by atoms with Gasteiger partial charge in [0.1, 0.15) is 5.75 Å². The second kappa shape index (κ2) is 5.14. The maximum atomic E-state index is 11.4. The Morgan fingerprint density at radius 2 is 2.16 bits per heavy atom. The number of benzene rings is 1. The van der Waals surface area contributed by atoms with Crippen LogP contribution in [0.4, 0.5) is 0 Å². The summed E-state index contributed by atoms with van der Waals surface area (Å²) in [6.07, 6.45) is 1.86. The molecular weight excluding hydrogens is 244 g/mol. The van der Waals surface area contributed by atoms with Gasteiger partial charge in [0.15, 0.2) is 0 Å². The van der Waals surface area contributed by atoms with Gasteiger partial charge in [0.05, 0.1) is 18.4 Å². The molecule has 0 unspecified atom stereocenters. The Morgan fingerprint density at radius 3 is 2.68 bits per heavy atom. The van der Waals surface area contributed by atoms with E-state index in [9.17, 15) is 9.90 Å². The summed E-state index contributed by atoms with van der Waals surface area (Å²) in [5.41, 5.74) is 2.53. The second-order valence-electron chi connectivity index (χ2n) is 4.20. The number of ether oxygens (including phenoxy) is 1. The summed E-state index contributed by atoms with van der Waals surface area (Å²) in [4.78, 5) is 11.4. The SMILES string of the molecule is CCn1cc(-c2ccc(OC)cc2C(=O)O)c(C)n1. The van der Waals surface area contributed by atoms with Gasteiger partial charge in [0.2, 0.25) is 0 Å². The van der Waals surface area contributed by atoms with Crippen molar-refractivity contribution in [2.75, 3.05) is 7.11 Å². The Kier molecular flexibility index (Phi) is 3.55. The Bertz CT molecular complexity index is 617. The molecule has 0 amide bonds. The van der Waals surface area contributed by atoms with Crippen LogP contribution >= 0.6 is 0 Å². The molecule has 0 saturated carbocycles. The van der Waals surface area contributed by atoms with Crippen molar-refractivity contribution in [1.82, 2.24) is 9.78 Å². The lowest BCUT2D eigenvalue weighted by Gasteiger charge is -2.07. The Labute approximate surface area is 111 Å². The van der Waals surface area contributed by atoms with Crippen LogP contribution in [0.15, 0.2) is 24.4 Å². The molecule has 0 aliphatic carbocycles. The van der Waals surface area contributed by atoms with Gasteiger partial charge >= 0.3 is 5.97 Å². The molecule has 1 aromatic carbocycles. The minimum Gasteiger partial charge on any atom is -0.497 e. The van der Waals surface area contributed by atoms with Gasteiger partial charge in [0, 0.05) is 18.3 Å². The highest BCUT2D eigenvalue weighted by Gasteiger charge is 2.16. The third kappa shape index (κ3) is 2.45. The molecule has 5 heteroatoms. The summed E-state index contributed by atoms with van der Waals surface area (Å²) in [6.45, 7) is 4.61. The van der Waals surface area contributed by atoms with Crippen molar-refractivity contribution >= 4 is 5.97 Å². The smallest absolute Gasteiger partial charge is 0.336 e. The molecule has 2 rings (SSSR count). The van der Waals surface area contributed by atoms with Gasteiger partial charge in [-0.15, -0.1) is 0 Å². The van der Waals surface area contributed by atoms with Gasteiger partial charge in [-0.1, -0.05) is 0 Å². The summed E-state index contributed by atoms with van der Waals surface area (Å²) < 4.78 is 6.86. The fourth-order valence-corrected chi connectivity index (χ4v) is 2.01. The van der Waals surface area contributed by atoms with Crippen LogP contribution in [-0.2, 0) is 6.54 Å². The molecule has 0 aliphatic heterocycles. The lowest BCUT2D eigenvalue weighted by Crippen LogP contribution is -2.00. The molecule has 2 aromatic rings. The number of aryl methyl sites for hydroxylation is 2. The quantitative estimate of drug-likeness (QED) is 0.917. The van der Waals surface area contributed by atoms with E-state index in [1.165, 1.54) is 13.2 Å². The molecule has 100 valence electrons. The first-order chi connectivity index (χ1) is 9.06. The van der Waals surface area contributed by atoms with Crippen molar-refractivity contribution in [1.29, 1.82) is 0 Å². The average Bonchev–Trinajstić information content (AvgIpc) is 2.79. The van der Waals surface area contributed by atoms with Crippen molar-refractivity contribution in [2.24, 2.45) is 0 Å². The van der Waals surface area contributed by atoms with E-state index in [0.717, 1.165) is 17.8 Å². The van der Waals surface area contributed by atoms with E-state index in [2.05, 4.69) is 5.10 Å². The zero-order valence-corrected chi connectivity index (χ0v) is 11.2. The summed E-state index contributed by atoms with van der Waals surface area (Å²) in [6, 6.07) is 5.04. The van der Waals surface area contributed by atoms with E-state index in [1.807, 2.05) is 20.0 Å². The van der Waals surface area contributed by atoms with Gasteiger partial charge in [-0.3, -0.25) is 4.68 Å². The Morgan fingerprint density at radius 1 is 1.42 bits per heavy atom. The average molecular weight is 260 g/mol. The van der Waals surface area contributed by atoms with E-state index in [4.69, 9.17) is 4.74 Å². The molecule has 1 N–H and O–H groups in total. The fourth-order valence-electron chi connectivity index (χ4n) is 2.01.